The number of carbonyl (C=O) groups excluding carboxylic acids is 1. The van der Waals surface area contributed by atoms with E-state index in [9.17, 15) is 9.59 Å². The predicted molar refractivity (Wildman–Crippen MR) is 80.5 cm³/mol. The quantitative estimate of drug-likeness (QED) is 0.694. The van der Waals surface area contributed by atoms with Crippen LogP contribution in [0, 0.1) is 0 Å². The molecule has 0 aliphatic carbocycles. The molecule has 0 bridgehead atoms. The van der Waals surface area contributed by atoms with Gasteiger partial charge in [-0.3, -0.25) is 4.79 Å². The molecule has 1 rings (SSSR count). The van der Waals surface area contributed by atoms with Gasteiger partial charge in [0.2, 0.25) is 0 Å². The van der Waals surface area contributed by atoms with Crippen LogP contribution in [0.1, 0.15) is 36.7 Å². The Kier molecular flexibility index (Phi) is 5.72. The van der Waals surface area contributed by atoms with E-state index in [4.69, 9.17) is 9.84 Å². The molecule has 3 N–H and O–H groups in total. The van der Waals surface area contributed by atoms with Crippen molar-refractivity contribution in [1.82, 2.24) is 5.32 Å². The summed E-state index contributed by atoms with van der Waals surface area (Å²) in [5.74, 6) is -1.33. The lowest BCUT2D eigenvalue weighted by Gasteiger charge is -2.19. The van der Waals surface area contributed by atoms with Gasteiger partial charge < -0.3 is 20.5 Å². The fourth-order valence-electron chi connectivity index (χ4n) is 1.75. The molecule has 0 saturated carbocycles. The van der Waals surface area contributed by atoms with Crippen molar-refractivity contribution >= 4 is 17.6 Å². The zero-order valence-electron chi connectivity index (χ0n) is 12.8. The molecular weight excluding hydrogens is 272 g/mol. The summed E-state index contributed by atoms with van der Waals surface area (Å²) in [6.07, 6.45) is 0. The number of esters is 1. The van der Waals surface area contributed by atoms with E-state index in [1.807, 2.05) is 6.07 Å². The highest BCUT2D eigenvalue weighted by Crippen LogP contribution is 2.15. The molecule has 0 radical (unpaired) electrons. The largest absolute Gasteiger partial charge is 0.478 e. The van der Waals surface area contributed by atoms with Crippen molar-refractivity contribution in [2.24, 2.45) is 0 Å². The molecule has 1 aromatic rings. The van der Waals surface area contributed by atoms with Gasteiger partial charge in [0, 0.05) is 19.3 Å². The molecule has 6 heteroatoms. The van der Waals surface area contributed by atoms with Crippen molar-refractivity contribution < 1.29 is 19.4 Å². The molecular formula is C15H22N2O4. The highest BCUT2D eigenvalue weighted by molar-refractivity contribution is 5.89. The number of ether oxygens (including phenoxy) is 1. The number of carbonyl (C=O) groups is 2. The van der Waals surface area contributed by atoms with Gasteiger partial charge in [-0.15, -0.1) is 0 Å². The Hall–Kier alpha value is -2.08. The molecule has 1 aromatic carbocycles. The molecule has 0 atom stereocenters. The Labute approximate surface area is 124 Å². The number of hydrogen-bond donors (Lipinski definition) is 3. The highest BCUT2D eigenvalue weighted by Gasteiger charge is 2.15. The van der Waals surface area contributed by atoms with Gasteiger partial charge in [-0.2, -0.15) is 0 Å². The van der Waals surface area contributed by atoms with Crippen LogP contribution >= 0.6 is 0 Å². The highest BCUT2D eigenvalue weighted by atomic mass is 16.6. The van der Waals surface area contributed by atoms with Crippen LogP contribution in [0.15, 0.2) is 18.2 Å². The monoisotopic (exact) mass is 294 g/mol. The van der Waals surface area contributed by atoms with Crippen molar-refractivity contribution in [3.8, 4) is 0 Å². The van der Waals surface area contributed by atoms with Gasteiger partial charge in [-0.1, -0.05) is 0 Å². The molecule has 0 heterocycles. The fraction of sp³-hybridized carbons (Fsp3) is 0.467. The molecule has 0 saturated heterocycles. The number of carboxylic acids is 1. The number of anilines is 1. The summed E-state index contributed by atoms with van der Waals surface area (Å²) < 4.78 is 5.17. The van der Waals surface area contributed by atoms with Crippen molar-refractivity contribution in [2.45, 2.75) is 32.9 Å². The standard InChI is InChI=1S/C15H22N2O4/c1-15(2,3)21-13(18)9-17-8-10-5-11(14(19)20)7-12(6-10)16-4/h5-7,16-17H,8-9H2,1-4H3,(H,19,20). The van der Waals surface area contributed by atoms with E-state index in [2.05, 4.69) is 10.6 Å². The Balaban J connectivity index is 2.61. The van der Waals surface area contributed by atoms with E-state index in [1.54, 1.807) is 40.0 Å². The number of benzene rings is 1. The third kappa shape index (κ3) is 6.27. The Morgan fingerprint density at radius 1 is 1.24 bits per heavy atom. The minimum Gasteiger partial charge on any atom is -0.478 e. The van der Waals surface area contributed by atoms with Gasteiger partial charge in [0.1, 0.15) is 5.60 Å². The first-order chi connectivity index (χ1) is 9.71. The van der Waals surface area contributed by atoms with Crippen LogP contribution in [-0.2, 0) is 16.1 Å². The summed E-state index contributed by atoms with van der Waals surface area (Å²) in [6.45, 7) is 5.87. The van der Waals surface area contributed by atoms with E-state index in [0.717, 1.165) is 5.56 Å². The second kappa shape index (κ2) is 7.08. The molecule has 0 aromatic heterocycles. The molecule has 21 heavy (non-hydrogen) atoms. The number of aromatic carboxylic acids is 1. The number of rotatable bonds is 6. The van der Waals surface area contributed by atoms with Crippen LogP contribution in [-0.4, -0.2) is 36.2 Å². The molecule has 0 unspecified atom stereocenters. The number of hydrogen-bond acceptors (Lipinski definition) is 5. The molecule has 6 nitrogen and oxygen atoms in total. The van der Waals surface area contributed by atoms with Gasteiger partial charge in [-0.05, 0) is 44.5 Å². The first-order valence-corrected chi connectivity index (χ1v) is 6.69. The zero-order valence-corrected chi connectivity index (χ0v) is 12.8. The summed E-state index contributed by atoms with van der Waals surface area (Å²) in [5.41, 5.74) is 1.18. The van der Waals surface area contributed by atoms with E-state index in [1.165, 1.54) is 0 Å². The van der Waals surface area contributed by atoms with E-state index < -0.39 is 11.6 Å². The van der Waals surface area contributed by atoms with Crippen molar-refractivity contribution in [3.63, 3.8) is 0 Å². The van der Waals surface area contributed by atoms with Crippen LogP contribution in [0.5, 0.6) is 0 Å². The Morgan fingerprint density at radius 2 is 1.90 bits per heavy atom. The normalized spacial score (nSPS) is 11.0. The smallest absolute Gasteiger partial charge is 0.335 e. The summed E-state index contributed by atoms with van der Waals surface area (Å²) in [7, 11) is 1.72. The van der Waals surface area contributed by atoms with Gasteiger partial charge in [0.05, 0.1) is 12.1 Å². The SMILES string of the molecule is CNc1cc(CNCC(=O)OC(C)(C)C)cc(C(=O)O)c1. The number of carboxylic acid groups (broad SMARTS) is 1. The summed E-state index contributed by atoms with van der Waals surface area (Å²) in [6, 6.07) is 4.96. The fourth-order valence-corrected chi connectivity index (χ4v) is 1.75. The molecule has 0 aliphatic heterocycles. The van der Waals surface area contributed by atoms with Gasteiger partial charge in [0.25, 0.3) is 0 Å². The second-order valence-electron chi connectivity index (χ2n) is 5.66. The van der Waals surface area contributed by atoms with Crippen LogP contribution in [0.2, 0.25) is 0 Å². The van der Waals surface area contributed by atoms with Crippen molar-refractivity contribution in [3.05, 3.63) is 29.3 Å². The summed E-state index contributed by atoms with van der Waals surface area (Å²) in [4.78, 5) is 22.6. The average molecular weight is 294 g/mol. The Morgan fingerprint density at radius 3 is 2.43 bits per heavy atom. The zero-order chi connectivity index (χ0) is 16.0. The van der Waals surface area contributed by atoms with E-state index in [-0.39, 0.29) is 18.1 Å². The van der Waals surface area contributed by atoms with Crippen LogP contribution in [0.4, 0.5) is 5.69 Å². The maximum Gasteiger partial charge on any atom is 0.335 e. The minimum atomic E-state index is -0.986. The van der Waals surface area contributed by atoms with Crippen LogP contribution in [0.3, 0.4) is 0 Å². The first-order valence-electron chi connectivity index (χ1n) is 6.69. The van der Waals surface area contributed by atoms with Gasteiger partial charge in [0.15, 0.2) is 0 Å². The maximum absolute atomic E-state index is 11.6. The third-order valence-corrected chi connectivity index (χ3v) is 2.55. The molecule has 0 amide bonds. The lowest BCUT2D eigenvalue weighted by Crippen LogP contribution is -2.31. The van der Waals surface area contributed by atoms with E-state index >= 15 is 0 Å². The third-order valence-electron chi connectivity index (χ3n) is 2.55. The lowest BCUT2D eigenvalue weighted by atomic mass is 10.1. The van der Waals surface area contributed by atoms with Gasteiger partial charge in [-0.25, -0.2) is 4.79 Å². The summed E-state index contributed by atoms with van der Waals surface area (Å²) >= 11 is 0. The number of nitrogens with one attached hydrogen (secondary N) is 2. The van der Waals surface area contributed by atoms with E-state index in [0.29, 0.717) is 12.2 Å². The predicted octanol–water partition coefficient (Wildman–Crippen LogP) is 1.86. The molecule has 0 aliphatic rings. The Bertz CT molecular complexity index is 521. The van der Waals surface area contributed by atoms with Crippen molar-refractivity contribution in [1.29, 1.82) is 0 Å². The lowest BCUT2D eigenvalue weighted by molar-refractivity contribution is -0.153. The molecule has 0 fully saturated rings. The maximum atomic E-state index is 11.6. The topological polar surface area (TPSA) is 87.7 Å². The summed E-state index contributed by atoms with van der Waals surface area (Å²) in [5, 5.41) is 14.9. The minimum absolute atomic E-state index is 0.0729. The average Bonchev–Trinajstić information content (AvgIpc) is 2.36. The van der Waals surface area contributed by atoms with Crippen LogP contribution in [0.25, 0.3) is 0 Å². The molecule has 116 valence electrons. The molecule has 0 spiro atoms. The van der Waals surface area contributed by atoms with Crippen molar-refractivity contribution in [2.75, 3.05) is 18.9 Å². The van der Waals surface area contributed by atoms with Crippen LogP contribution < -0.4 is 10.6 Å². The first kappa shape index (κ1) is 17.0. The van der Waals surface area contributed by atoms with Gasteiger partial charge >= 0.3 is 11.9 Å². The second-order valence-corrected chi connectivity index (χ2v) is 5.66.